The molecule has 0 aliphatic rings. The van der Waals surface area contributed by atoms with Crippen LogP contribution in [0.3, 0.4) is 0 Å². The Kier molecular flexibility index (Phi) is 8.84. The molecule has 21 heavy (non-hydrogen) atoms. The fraction of sp³-hybridized carbons (Fsp3) is 0.647. The summed E-state index contributed by atoms with van der Waals surface area (Å²) in [6, 6.07) is 8.53. The predicted molar refractivity (Wildman–Crippen MR) is 89.9 cm³/mol. The van der Waals surface area contributed by atoms with E-state index in [0.717, 1.165) is 30.9 Å². The van der Waals surface area contributed by atoms with E-state index in [0.29, 0.717) is 19.8 Å². The molecule has 0 bridgehead atoms. The van der Waals surface area contributed by atoms with Crippen LogP contribution in [0.2, 0.25) is 0 Å². The lowest BCUT2D eigenvalue weighted by molar-refractivity contribution is 0.0732. The maximum atomic E-state index is 6.14. The van der Waals surface area contributed by atoms with E-state index in [2.05, 4.69) is 52.0 Å². The van der Waals surface area contributed by atoms with Gasteiger partial charge in [-0.05, 0) is 31.2 Å². The molecule has 0 saturated heterocycles. The summed E-state index contributed by atoms with van der Waals surface area (Å²) in [5.41, 5.74) is 1.32. The van der Waals surface area contributed by atoms with E-state index in [1.165, 1.54) is 5.56 Å². The third-order valence-corrected chi connectivity index (χ3v) is 6.00. The fourth-order valence-electron chi connectivity index (χ4n) is 2.03. The maximum absolute atomic E-state index is 6.14. The van der Waals surface area contributed by atoms with Gasteiger partial charge in [0.15, 0.2) is 0 Å². The highest BCUT2D eigenvalue weighted by Crippen LogP contribution is 2.14. The van der Waals surface area contributed by atoms with Gasteiger partial charge in [-0.15, -0.1) is 0 Å². The molecule has 120 valence electrons. The minimum absolute atomic E-state index is 0.676. The largest absolute Gasteiger partial charge is 0.537 e. The molecule has 0 unspecified atom stereocenters. The molecule has 0 saturated carbocycles. The molecule has 4 heteroatoms. The monoisotopic (exact) mass is 310 g/mol. The van der Waals surface area contributed by atoms with Crippen molar-refractivity contribution in [1.82, 2.24) is 0 Å². The van der Waals surface area contributed by atoms with E-state index < -0.39 is 8.80 Å². The molecular formula is C17H30O3Si. The molecule has 0 amide bonds. The zero-order chi connectivity index (χ0) is 15.6. The first-order valence-electron chi connectivity index (χ1n) is 8.23. The van der Waals surface area contributed by atoms with Crippen LogP contribution in [0.25, 0.3) is 0 Å². The van der Waals surface area contributed by atoms with Crippen molar-refractivity contribution in [2.45, 2.75) is 53.4 Å². The van der Waals surface area contributed by atoms with Gasteiger partial charge in [0, 0.05) is 25.0 Å². The zero-order valence-electron chi connectivity index (χ0n) is 14.0. The van der Waals surface area contributed by atoms with Gasteiger partial charge in [0.25, 0.3) is 0 Å². The molecule has 0 aromatic heterocycles. The average molecular weight is 311 g/mol. The standard InChI is InChI=1S/C17H30O3Si/c1-5-13-18-21(19-14-6-2,20-15-7-3)17-11-9-16(8-4)10-12-17/h9-12H,5-8,13-15H2,1-4H3. The van der Waals surface area contributed by atoms with Gasteiger partial charge in [0.05, 0.1) is 0 Å². The van der Waals surface area contributed by atoms with Crippen molar-refractivity contribution in [3.63, 3.8) is 0 Å². The Labute approximate surface area is 131 Å². The van der Waals surface area contributed by atoms with Crippen molar-refractivity contribution in [3.05, 3.63) is 29.8 Å². The summed E-state index contributed by atoms with van der Waals surface area (Å²) in [7, 11) is -2.77. The van der Waals surface area contributed by atoms with Crippen molar-refractivity contribution in [1.29, 1.82) is 0 Å². The zero-order valence-corrected chi connectivity index (χ0v) is 15.0. The normalized spacial score (nSPS) is 11.8. The molecule has 0 fully saturated rings. The molecule has 0 N–H and O–H groups in total. The molecule has 0 heterocycles. The van der Waals surface area contributed by atoms with Gasteiger partial charge >= 0.3 is 8.80 Å². The number of aryl methyl sites for hydroxylation is 1. The Balaban J connectivity index is 3.02. The van der Waals surface area contributed by atoms with Crippen molar-refractivity contribution in [3.8, 4) is 0 Å². The van der Waals surface area contributed by atoms with Crippen LogP contribution >= 0.6 is 0 Å². The molecule has 0 atom stereocenters. The Morgan fingerprint density at radius 3 is 1.48 bits per heavy atom. The molecule has 1 aromatic rings. The Morgan fingerprint density at radius 2 is 1.14 bits per heavy atom. The third-order valence-electron chi connectivity index (χ3n) is 3.20. The lowest BCUT2D eigenvalue weighted by Crippen LogP contribution is -2.57. The lowest BCUT2D eigenvalue weighted by atomic mass is 10.2. The van der Waals surface area contributed by atoms with Crippen LogP contribution in [0.1, 0.15) is 52.5 Å². The minimum atomic E-state index is -2.77. The van der Waals surface area contributed by atoms with Crippen LogP contribution in [0.5, 0.6) is 0 Å². The topological polar surface area (TPSA) is 27.7 Å². The van der Waals surface area contributed by atoms with Crippen LogP contribution in [0.15, 0.2) is 24.3 Å². The van der Waals surface area contributed by atoms with Crippen molar-refractivity contribution < 1.29 is 13.3 Å². The molecule has 3 nitrogen and oxygen atoms in total. The number of hydrogen-bond donors (Lipinski definition) is 0. The first-order chi connectivity index (χ1) is 10.2. The fourth-order valence-corrected chi connectivity index (χ4v) is 4.77. The second-order valence-electron chi connectivity index (χ2n) is 5.15. The van der Waals surface area contributed by atoms with E-state index in [1.807, 2.05) is 0 Å². The smallest absolute Gasteiger partial charge is 0.370 e. The minimum Gasteiger partial charge on any atom is -0.370 e. The van der Waals surface area contributed by atoms with E-state index >= 15 is 0 Å². The van der Waals surface area contributed by atoms with Gasteiger partial charge in [-0.2, -0.15) is 0 Å². The SMILES string of the molecule is CCCO[Si](OCCC)(OCCC)c1ccc(CC)cc1. The summed E-state index contributed by atoms with van der Waals surface area (Å²) in [5, 5.41) is 1.08. The number of hydrogen-bond acceptors (Lipinski definition) is 3. The molecular weight excluding hydrogens is 280 g/mol. The first kappa shape index (κ1) is 18.4. The molecule has 0 aliphatic heterocycles. The molecule has 1 rings (SSSR count). The Morgan fingerprint density at radius 1 is 0.714 bits per heavy atom. The summed E-state index contributed by atoms with van der Waals surface area (Å²) in [6.45, 7) is 10.5. The number of benzene rings is 1. The molecule has 0 radical (unpaired) electrons. The number of rotatable bonds is 11. The summed E-state index contributed by atoms with van der Waals surface area (Å²) < 4.78 is 18.4. The van der Waals surface area contributed by atoms with Crippen LogP contribution in [-0.4, -0.2) is 28.6 Å². The summed E-state index contributed by atoms with van der Waals surface area (Å²) in [5.74, 6) is 0. The van der Waals surface area contributed by atoms with Gasteiger partial charge in [-0.1, -0.05) is 52.0 Å². The van der Waals surface area contributed by atoms with Gasteiger partial charge < -0.3 is 13.3 Å². The second-order valence-corrected chi connectivity index (χ2v) is 7.71. The Bertz CT molecular complexity index is 356. The predicted octanol–water partition coefficient (Wildman–Crippen LogP) is 3.67. The van der Waals surface area contributed by atoms with Crippen molar-refractivity contribution >= 4 is 14.0 Å². The van der Waals surface area contributed by atoms with Crippen LogP contribution in [0, 0.1) is 0 Å². The Hall–Kier alpha value is -0.683. The van der Waals surface area contributed by atoms with E-state index in [-0.39, 0.29) is 0 Å². The maximum Gasteiger partial charge on any atom is 0.537 e. The van der Waals surface area contributed by atoms with E-state index in [9.17, 15) is 0 Å². The highest BCUT2D eigenvalue weighted by atomic mass is 28.4. The van der Waals surface area contributed by atoms with Gasteiger partial charge in [-0.25, -0.2) is 0 Å². The van der Waals surface area contributed by atoms with E-state index in [1.54, 1.807) is 0 Å². The molecule has 1 aromatic carbocycles. The molecule has 0 spiro atoms. The molecule has 0 aliphatic carbocycles. The van der Waals surface area contributed by atoms with Gasteiger partial charge in [0.2, 0.25) is 0 Å². The quantitative estimate of drug-likeness (QED) is 0.584. The summed E-state index contributed by atoms with van der Waals surface area (Å²) >= 11 is 0. The highest BCUT2D eigenvalue weighted by Gasteiger charge is 2.43. The van der Waals surface area contributed by atoms with Crippen molar-refractivity contribution in [2.75, 3.05) is 19.8 Å². The van der Waals surface area contributed by atoms with E-state index in [4.69, 9.17) is 13.3 Å². The first-order valence-corrected chi connectivity index (χ1v) is 9.96. The van der Waals surface area contributed by atoms with Gasteiger partial charge in [0.1, 0.15) is 0 Å². The van der Waals surface area contributed by atoms with Crippen molar-refractivity contribution in [2.24, 2.45) is 0 Å². The van der Waals surface area contributed by atoms with Crippen LogP contribution in [-0.2, 0) is 19.7 Å². The second kappa shape index (κ2) is 10.1. The lowest BCUT2D eigenvalue weighted by Gasteiger charge is -2.30. The summed E-state index contributed by atoms with van der Waals surface area (Å²) in [6.07, 6.45) is 3.93. The summed E-state index contributed by atoms with van der Waals surface area (Å²) in [4.78, 5) is 0. The average Bonchev–Trinajstić information content (AvgIpc) is 2.55. The van der Waals surface area contributed by atoms with Gasteiger partial charge in [-0.3, -0.25) is 0 Å². The van der Waals surface area contributed by atoms with Crippen LogP contribution in [0.4, 0.5) is 0 Å². The highest BCUT2D eigenvalue weighted by molar-refractivity contribution is 6.75. The van der Waals surface area contributed by atoms with Crippen LogP contribution < -0.4 is 5.19 Å². The third kappa shape index (κ3) is 5.55.